The molecule has 1 fully saturated rings. The van der Waals surface area contributed by atoms with Gasteiger partial charge in [-0.1, -0.05) is 24.3 Å². The second-order valence-electron chi connectivity index (χ2n) is 4.71. The predicted molar refractivity (Wildman–Crippen MR) is 97.9 cm³/mol. The Kier molecular flexibility index (Phi) is 4.83. The van der Waals surface area contributed by atoms with Gasteiger partial charge in [-0.15, -0.1) is 0 Å². The van der Waals surface area contributed by atoms with Crippen molar-refractivity contribution in [1.29, 1.82) is 0 Å². The highest BCUT2D eigenvalue weighted by Gasteiger charge is 2.23. The number of carbonyl (C=O) groups is 1. The SMILES string of the molecule is COc1ccc(/C=C2/SC(=Nc3ccccc3)NC2=O)cc1Br. The molecule has 0 spiro atoms. The summed E-state index contributed by atoms with van der Waals surface area (Å²) < 4.78 is 6.05. The number of methoxy groups -OCH3 is 1. The lowest BCUT2D eigenvalue weighted by Crippen LogP contribution is -2.19. The Bertz CT molecular complexity index is 803. The maximum atomic E-state index is 12.1. The number of thioether (sulfide) groups is 1. The largest absolute Gasteiger partial charge is 0.496 e. The van der Waals surface area contributed by atoms with Crippen molar-refractivity contribution in [2.45, 2.75) is 0 Å². The highest BCUT2D eigenvalue weighted by atomic mass is 79.9. The third-order valence-corrected chi connectivity index (χ3v) is 4.64. The number of nitrogens with one attached hydrogen (secondary N) is 1. The Morgan fingerprint density at radius 2 is 2.00 bits per heavy atom. The zero-order valence-corrected chi connectivity index (χ0v) is 14.6. The first-order chi connectivity index (χ1) is 11.2. The van der Waals surface area contributed by atoms with Crippen molar-refractivity contribution in [3.8, 4) is 5.75 Å². The van der Waals surface area contributed by atoms with Gasteiger partial charge in [0.2, 0.25) is 0 Å². The lowest BCUT2D eigenvalue weighted by atomic mass is 10.2. The van der Waals surface area contributed by atoms with Crippen molar-refractivity contribution in [1.82, 2.24) is 5.32 Å². The van der Waals surface area contributed by atoms with Gasteiger partial charge in [0.25, 0.3) is 5.91 Å². The Balaban J connectivity index is 1.83. The van der Waals surface area contributed by atoms with Crippen molar-refractivity contribution in [3.63, 3.8) is 0 Å². The summed E-state index contributed by atoms with van der Waals surface area (Å²) >= 11 is 4.77. The Labute approximate surface area is 146 Å². The topological polar surface area (TPSA) is 50.7 Å². The average molecular weight is 389 g/mol. The molecular weight excluding hydrogens is 376 g/mol. The molecule has 2 aromatic rings. The minimum Gasteiger partial charge on any atom is -0.496 e. The number of rotatable bonds is 3. The number of amidine groups is 1. The smallest absolute Gasteiger partial charge is 0.264 e. The van der Waals surface area contributed by atoms with E-state index in [1.165, 1.54) is 11.8 Å². The van der Waals surface area contributed by atoms with Crippen LogP contribution < -0.4 is 10.1 Å². The number of aliphatic imine (C=N–C) groups is 1. The summed E-state index contributed by atoms with van der Waals surface area (Å²) in [5, 5.41) is 3.36. The number of benzene rings is 2. The summed E-state index contributed by atoms with van der Waals surface area (Å²) in [4.78, 5) is 17.1. The van der Waals surface area contributed by atoms with E-state index in [2.05, 4.69) is 26.2 Å². The molecule has 4 nitrogen and oxygen atoms in total. The van der Waals surface area contributed by atoms with Gasteiger partial charge in [-0.3, -0.25) is 4.79 Å². The summed E-state index contributed by atoms with van der Waals surface area (Å²) in [6, 6.07) is 15.2. The molecule has 1 aliphatic rings. The van der Waals surface area contributed by atoms with Crippen LogP contribution in [0.3, 0.4) is 0 Å². The first-order valence-electron chi connectivity index (χ1n) is 6.84. The molecule has 1 amide bonds. The van der Waals surface area contributed by atoms with E-state index in [9.17, 15) is 4.79 Å². The van der Waals surface area contributed by atoms with Gasteiger partial charge in [-0.05, 0) is 63.6 Å². The summed E-state index contributed by atoms with van der Waals surface area (Å²) in [5.41, 5.74) is 1.72. The molecule has 3 rings (SSSR count). The fourth-order valence-corrected chi connectivity index (χ4v) is 3.42. The molecule has 0 unspecified atom stereocenters. The number of halogens is 1. The fraction of sp³-hybridized carbons (Fsp3) is 0.0588. The molecule has 0 saturated carbocycles. The van der Waals surface area contributed by atoms with Gasteiger partial charge in [-0.25, -0.2) is 4.99 Å². The number of para-hydroxylation sites is 1. The summed E-state index contributed by atoms with van der Waals surface area (Å²) in [5.74, 6) is 0.610. The summed E-state index contributed by atoms with van der Waals surface area (Å²) in [6.07, 6.45) is 1.83. The number of amides is 1. The van der Waals surface area contributed by atoms with E-state index in [-0.39, 0.29) is 5.91 Å². The van der Waals surface area contributed by atoms with Crippen LogP contribution in [0.5, 0.6) is 5.75 Å². The first kappa shape index (κ1) is 15.8. The number of carbonyl (C=O) groups excluding carboxylic acids is 1. The molecule has 116 valence electrons. The van der Waals surface area contributed by atoms with Crippen LogP contribution in [0.25, 0.3) is 6.08 Å². The normalized spacial score (nSPS) is 17.6. The van der Waals surface area contributed by atoms with Crippen LogP contribution in [0.2, 0.25) is 0 Å². The lowest BCUT2D eigenvalue weighted by molar-refractivity contribution is -0.115. The number of hydrogen-bond donors (Lipinski definition) is 1. The number of ether oxygens (including phenoxy) is 1. The monoisotopic (exact) mass is 388 g/mol. The van der Waals surface area contributed by atoms with E-state index in [1.54, 1.807) is 7.11 Å². The van der Waals surface area contributed by atoms with Crippen molar-refractivity contribution >= 4 is 50.5 Å². The third-order valence-electron chi connectivity index (χ3n) is 3.11. The average Bonchev–Trinajstić information content (AvgIpc) is 2.88. The molecule has 0 radical (unpaired) electrons. The highest BCUT2D eigenvalue weighted by Crippen LogP contribution is 2.30. The maximum Gasteiger partial charge on any atom is 0.264 e. The predicted octanol–water partition coefficient (Wildman–Crippen LogP) is 4.35. The molecule has 0 aliphatic carbocycles. The Morgan fingerprint density at radius 1 is 1.22 bits per heavy atom. The number of hydrogen-bond acceptors (Lipinski definition) is 4. The quantitative estimate of drug-likeness (QED) is 0.795. The molecule has 2 aromatic carbocycles. The van der Waals surface area contributed by atoms with Crippen LogP contribution in [0.1, 0.15) is 5.56 Å². The van der Waals surface area contributed by atoms with E-state index >= 15 is 0 Å². The van der Waals surface area contributed by atoms with Gasteiger partial charge < -0.3 is 10.1 Å². The summed E-state index contributed by atoms with van der Waals surface area (Å²) in [6.45, 7) is 0. The molecule has 0 aromatic heterocycles. The van der Waals surface area contributed by atoms with Gasteiger partial charge in [-0.2, -0.15) is 0 Å². The highest BCUT2D eigenvalue weighted by molar-refractivity contribution is 9.10. The van der Waals surface area contributed by atoms with E-state index in [0.717, 1.165) is 21.5 Å². The van der Waals surface area contributed by atoms with E-state index in [4.69, 9.17) is 4.74 Å². The second-order valence-corrected chi connectivity index (χ2v) is 6.60. The zero-order chi connectivity index (χ0) is 16.2. The van der Waals surface area contributed by atoms with Crippen LogP contribution in [-0.2, 0) is 4.79 Å². The maximum absolute atomic E-state index is 12.1. The molecule has 0 bridgehead atoms. The van der Waals surface area contributed by atoms with Crippen LogP contribution in [0.15, 0.2) is 62.9 Å². The van der Waals surface area contributed by atoms with Gasteiger partial charge in [0.05, 0.1) is 22.2 Å². The van der Waals surface area contributed by atoms with E-state index in [1.807, 2.05) is 54.6 Å². The first-order valence-corrected chi connectivity index (χ1v) is 8.45. The lowest BCUT2D eigenvalue weighted by Gasteiger charge is -2.03. The van der Waals surface area contributed by atoms with E-state index < -0.39 is 0 Å². The summed E-state index contributed by atoms with van der Waals surface area (Å²) in [7, 11) is 1.62. The minimum atomic E-state index is -0.142. The van der Waals surface area contributed by atoms with Crippen molar-refractivity contribution in [2.24, 2.45) is 4.99 Å². The van der Waals surface area contributed by atoms with Crippen LogP contribution in [0.4, 0.5) is 5.69 Å². The molecule has 23 heavy (non-hydrogen) atoms. The van der Waals surface area contributed by atoms with Crippen LogP contribution >= 0.6 is 27.7 Å². The number of nitrogens with zero attached hydrogens (tertiary/aromatic N) is 1. The van der Waals surface area contributed by atoms with Gasteiger partial charge in [0, 0.05) is 0 Å². The van der Waals surface area contributed by atoms with Gasteiger partial charge in [0.1, 0.15) is 5.75 Å². The molecule has 6 heteroatoms. The van der Waals surface area contributed by atoms with Crippen molar-refractivity contribution in [2.75, 3.05) is 7.11 Å². The molecular formula is C17H13BrN2O2S. The molecule has 0 atom stereocenters. The zero-order valence-electron chi connectivity index (χ0n) is 12.2. The van der Waals surface area contributed by atoms with Gasteiger partial charge in [0.15, 0.2) is 5.17 Å². The second kappa shape index (κ2) is 7.02. The Hall–Kier alpha value is -2.05. The third kappa shape index (κ3) is 3.83. The van der Waals surface area contributed by atoms with Gasteiger partial charge >= 0.3 is 0 Å². The molecule has 1 N–H and O–H groups in total. The van der Waals surface area contributed by atoms with E-state index in [0.29, 0.717) is 10.1 Å². The van der Waals surface area contributed by atoms with Crippen molar-refractivity contribution in [3.05, 3.63) is 63.5 Å². The fourth-order valence-electron chi connectivity index (χ4n) is 2.02. The molecule has 1 aliphatic heterocycles. The molecule has 1 saturated heterocycles. The molecule has 1 heterocycles. The van der Waals surface area contributed by atoms with Crippen LogP contribution in [0, 0.1) is 0 Å². The Morgan fingerprint density at radius 3 is 2.70 bits per heavy atom. The standard InChI is InChI=1S/C17H13BrN2O2S/c1-22-14-8-7-11(9-13(14)18)10-15-16(21)20-17(23-15)19-12-5-3-2-4-6-12/h2-10H,1H3,(H,19,20,21)/b15-10+. The minimum absolute atomic E-state index is 0.142. The van der Waals surface area contributed by atoms with Crippen molar-refractivity contribution < 1.29 is 9.53 Å². The van der Waals surface area contributed by atoms with Crippen LogP contribution in [-0.4, -0.2) is 18.2 Å².